The summed E-state index contributed by atoms with van der Waals surface area (Å²) in [5.74, 6) is -14.1. The van der Waals surface area contributed by atoms with Gasteiger partial charge in [-0.2, -0.15) is 49.0 Å². The third-order valence-electron chi connectivity index (χ3n) is 5.15. The maximum Gasteiger partial charge on any atom is 0.459 e. The number of halogens is 11. The molecular weight excluding hydrogens is 580 g/mol. The summed E-state index contributed by atoms with van der Waals surface area (Å²) in [7, 11) is 0. The predicted molar refractivity (Wildman–Crippen MR) is 114 cm³/mol. The molecule has 0 unspecified atom stereocenters. The summed E-state index contributed by atoms with van der Waals surface area (Å²) in [4.78, 5) is 23.9. The number of carboxylic acid groups (broad SMARTS) is 1. The summed E-state index contributed by atoms with van der Waals surface area (Å²) in [5, 5.41) is 14.0. The minimum absolute atomic E-state index is 0.0504. The fraction of sp³-hybridized carbons (Fsp3) is 0.227. The highest BCUT2D eigenvalue weighted by Crippen LogP contribution is 2.48. The minimum atomic E-state index is -6.35. The molecule has 3 rings (SSSR count). The Morgan fingerprint density at radius 2 is 1.44 bits per heavy atom. The molecule has 0 aliphatic carbocycles. The van der Waals surface area contributed by atoms with Crippen molar-refractivity contribution in [1.29, 1.82) is 0 Å². The molecule has 0 aliphatic rings. The van der Waals surface area contributed by atoms with Gasteiger partial charge in [-0.05, 0) is 35.9 Å². The van der Waals surface area contributed by atoms with Gasteiger partial charge in [0.15, 0.2) is 0 Å². The van der Waals surface area contributed by atoms with Gasteiger partial charge in [0.2, 0.25) is 0 Å². The van der Waals surface area contributed by atoms with Gasteiger partial charge in [-0.3, -0.25) is 9.48 Å². The average molecular weight is 592 g/mol. The lowest BCUT2D eigenvalue weighted by Gasteiger charge is -2.20. The van der Waals surface area contributed by atoms with Crippen molar-refractivity contribution in [2.45, 2.75) is 30.7 Å². The summed E-state index contributed by atoms with van der Waals surface area (Å²) in [6, 6.07) is 7.11. The van der Waals surface area contributed by atoms with Crippen LogP contribution in [-0.2, 0) is 18.4 Å². The number of rotatable bonds is 7. The molecule has 3 aromatic rings. The van der Waals surface area contributed by atoms with Crippen LogP contribution in [-0.4, -0.2) is 39.1 Å². The number of carbonyl (C=O) groups is 2. The lowest BCUT2D eigenvalue weighted by molar-refractivity contribution is -0.292. The number of benzene rings is 2. The van der Waals surface area contributed by atoms with E-state index >= 15 is 0 Å². The largest absolute Gasteiger partial charge is 0.478 e. The molecule has 17 heteroatoms. The number of aromatic carboxylic acids is 1. The molecule has 0 saturated heterocycles. The smallest absolute Gasteiger partial charge is 0.459 e. The monoisotopic (exact) mass is 591 g/mol. The number of aromatic nitrogens is 2. The van der Waals surface area contributed by atoms with E-state index in [9.17, 15) is 58.6 Å². The number of carboxylic acids is 1. The Bertz CT molecular complexity index is 1400. The quantitative estimate of drug-likeness (QED) is 0.295. The Balaban J connectivity index is 1.93. The molecular formula is C22H12ClF10N3O3. The Kier molecular flexibility index (Phi) is 7.66. The molecule has 2 N–H and O–H groups in total. The van der Waals surface area contributed by atoms with E-state index in [-0.39, 0.29) is 21.0 Å². The third kappa shape index (κ3) is 5.79. The third-order valence-corrected chi connectivity index (χ3v) is 5.47. The Labute approximate surface area is 215 Å². The summed E-state index contributed by atoms with van der Waals surface area (Å²) in [6.07, 6.45) is -12.7. The molecule has 2 aromatic carbocycles. The molecule has 0 saturated carbocycles. The molecule has 39 heavy (non-hydrogen) atoms. The summed E-state index contributed by atoms with van der Waals surface area (Å²) in [5.41, 5.74) is -5.73. The zero-order valence-corrected chi connectivity index (χ0v) is 19.4. The summed E-state index contributed by atoms with van der Waals surface area (Å²) >= 11 is 5.90. The van der Waals surface area contributed by atoms with Crippen LogP contribution in [0, 0.1) is 0 Å². The van der Waals surface area contributed by atoms with E-state index < -0.39 is 71.2 Å². The summed E-state index contributed by atoms with van der Waals surface area (Å²) in [6.45, 7) is -1.10. The van der Waals surface area contributed by atoms with E-state index in [1.807, 2.05) is 0 Å². The highest BCUT2D eigenvalue weighted by Gasteiger charge is 2.64. The van der Waals surface area contributed by atoms with Crippen molar-refractivity contribution in [1.82, 2.24) is 9.78 Å². The van der Waals surface area contributed by atoms with E-state index in [1.165, 1.54) is 12.1 Å². The van der Waals surface area contributed by atoms with Crippen molar-refractivity contribution in [3.05, 3.63) is 81.6 Å². The molecule has 0 fully saturated rings. The molecule has 1 amide bonds. The molecule has 0 atom stereocenters. The maximum atomic E-state index is 14.0. The topological polar surface area (TPSA) is 84.2 Å². The van der Waals surface area contributed by atoms with Crippen molar-refractivity contribution in [3.8, 4) is 0 Å². The number of hydrogen-bond acceptors (Lipinski definition) is 3. The van der Waals surface area contributed by atoms with Gasteiger partial charge >= 0.3 is 30.2 Å². The Hall–Kier alpha value is -3.82. The van der Waals surface area contributed by atoms with Gasteiger partial charge in [0, 0.05) is 5.69 Å². The van der Waals surface area contributed by atoms with Crippen LogP contribution in [0.2, 0.25) is 5.02 Å². The standard InChI is InChI=1S/C22H12ClF10N3O3/c23-13-3-1-2-12(18(38)39)16(13)17(37)34-11-6-4-10(5-7-11)9-36-15(20(26,27)22(31,32)33)8-14(35-36)19(24,25)21(28,29)30/h1-8H,9H2,(H,34,37)(H,38,39). The Morgan fingerprint density at radius 3 is 1.95 bits per heavy atom. The number of nitrogens with zero attached hydrogens (tertiary/aromatic N) is 2. The second-order valence-corrected chi connectivity index (χ2v) is 8.24. The van der Waals surface area contributed by atoms with Crippen LogP contribution in [0.3, 0.4) is 0 Å². The fourth-order valence-electron chi connectivity index (χ4n) is 3.23. The van der Waals surface area contributed by atoms with E-state index in [0.29, 0.717) is 0 Å². The highest BCUT2D eigenvalue weighted by atomic mass is 35.5. The fourth-order valence-corrected chi connectivity index (χ4v) is 3.49. The predicted octanol–water partition coefficient (Wildman–Crippen LogP) is 6.84. The maximum absolute atomic E-state index is 14.0. The van der Waals surface area contributed by atoms with Crippen LogP contribution in [0.1, 0.15) is 37.7 Å². The minimum Gasteiger partial charge on any atom is -0.478 e. The van der Waals surface area contributed by atoms with Gasteiger partial charge in [-0.1, -0.05) is 29.8 Å². The number of nitrogens with one attached hydrogen (secondary N) is 1. The first-order valence-corrected chi connectivity index (χ1v) is 10.5. The number of amides is 1. The van der Waals surface area contributed by atoms with Gasteiger partial charge in [-0.15, -0.1) is 0 Å². The number of carbonyl (C=O) groups excluding carboxylic acids is 1. The SMILES string of the molecule is O=C(O)c1cccc(Cl)c1C(=O)Nc1ccc(Cn2nc(C(F)(F)C(F)(F)F)cc2C(F)(F)C(F)(F)F)cc1. The van der Waals surface area contributed by atoms with Crippen LogP contribution >= 0.6 is 11.6 Å². The molecule has 1 heterocycles. The van der Waals surface area contributed by atoms with Gasteiger partial charge in [-0.25, -0.2) is 4.79 Å². The molecule has 0 bridgehead atoms. The van der Waals surface area contributed by atoms with Crippen molar-refractivity contribution >= 4 is 29.2 Å². The number of anilines is 1. The van der Waals surface area contributed by atoms with Crippen LogP contribution < -0.4 is 5.32 Å². The van der Waals surface area contributed by atoms with Crippen molar-refractivity contribution in [2.75, 3.05) is 5.32 Å². The van der Waals surface area contributed by atoms with Gasteiger partial charge in [0.1, 0.15) is 11.4 Å². The van der Waals surface area contributed by atoms with Crippen LogP contribution in [0.15, 0.2) is 48.5 Å². The van der Waals surface area contributed by atoms with Crippen LogP contribution in [0.5, 0.6) is 0 Å². The lowest BCUT2D eigenvalue weighted by Crippen LogP contribution is -2.36. The van der Waals surface area contributed by atoms with Crippen molar-refractivity contribution in [3.63, 3.8) is 0 Å². The first-order chi connectivity index (χ1) is 17.8. The van der Waals surface area contributed by atoms with Gasteiger partial charge < -0.3 is 10.4 Å². The normalized spacial score (nSPS) is 12.9. The first-order valence-electron chi connectivity index (χ1n) is 10.2. The molecule has 0 aliphatic heterocycles. The van der Waals surface area contributed by atoms with E-state index in [1.54, 1.807) is 0 Å². The van der Waals surface area contributed by atoms with E-state index in [0.717, 1.165) is 30.3 Å². The van der Waals surface area contributed by atoms with Crippen LogP contribution in [0.25, 0.3) is 0 Å². The van der Waals surface area contributed by atoms with Crippen molar-refractivity contribution < 1.29 is 58.6 Å². The average Bonchev–Trinajstić information content (AvgIpc) is 3.23. The zero-order chi connectivity index (χ0) is 29.6. The molecule has 6 nitrogen and oxygen atoms in total. The van der Waals surface area contributed by atoms with Crippen LogP contribution in [0.4, 0.5) is 49.6 Å². The van der Waals surface area contributed by atoms with E-state index in [2.05, 4.69) is 10.4 Å². The Morgan fingerprint density at radius 1 is 0.872 bits per heavy atom. The molecule has 0 spiro atoms. The highest BCUT2D eigenvalue weighted by molar-refractivity contribution is 6.35. The number of alkyl halides is 10. The van der Waals surface area contributed by atoms with E-state index in [4.69, 9.17) is 11.6 Å². The lowest BCUT2D eigenvalue weighted by atomic mass is 10.1. The second kappa shape index (κ2) is 10.1. The molecule has 210 valence electrons. The zero-order valence-electron chi connectivity index (χ0n) is 18.6. The van der Waals surface area contributed by atoms with Gasteiger partial charge in [0.05, 0.1) is 22.7 Å². The first kappa shape index (κ1) is 29.7. The summed E-state index contributed by atoms with van der Waals surface area (Å²) < 4.78 is 132. The molecule has 0 radical (unpaired) electrons. The van der Waals surface area contributed by atoms with Crippen molar-refractivity contribution in [2.24, 2.45) is 0 Å². The second-order valence-electron chi connectivity index (χ2n) is 7.84. The molecule has 1 aromatic heterocycles. The number of hydrogen-bond donors (Lipinski definition) is 2. The van der Waals surface area contributed by atoms with Gasteiger partial charge in [0.25, 0.3) is 5.91 Å².